The normalized spacial score (nSPS) is 31.3. The number of hydrogen-bond acceptors (Lipinski definition) is 6. The van der Waals surface area contributed by atoms with E-state index in [1.54, 1.807) is 13.1 Å². The molecule has 3 fully saturated rings. The zero-order valence-electron chi connectivity index (χ0n) is 15.0. The molecule has 7 nitrogen and oxygen atoms in total. The second kappa shape index (κ2) is 6.21. The van der Waals surface area contributed by atoms with Crippen LogP contribution in [-0.2, 0) is 4.74 Å². The van der Waals surface area contributed by atoms with E-state index in [1.165, 1.54) is 6.20 Å². The smallest absolute Gasteiger partial charge is 0.256 e. The molecule has 0 unspecified atom stereocenters. The fraction of sp³-hybridized carbons (Fsp3) is 0.526. The third-order valence-electron chi connectivity index (χ3n) is 6.31. The first-order valence-corrected chi connectivity index (χ1v) is 9.67. The minimum atomic E-state index is -0.139. The number of hydrogen-bond donors (Lipinski definition) is 1. The first kappa shape index (κ1) is 17.0. The molecule has 2 bridgehead atoms. The lowest BCUT2D eigenvalue weighted by Gasteiger charge is -2.29. The zero-order chi connectivity index (χ0) is 18.6. The van der Waals surface area contributed by atoms with Crippen LogP contribution in [0.15, 0.2) is 29.0 Å². The van der Waals surface area contributed by atoms with E-state index in [0.29, 0.717) is 34.7 Å². The largest absolute Gasteiger partial charge is 0.369 e. The number of anilines is 1. The molecule has 27 heavy (non-hydrogen) atoms. The van der Waals surface area contributed by atoms with Crippen LogP contribution in [0, 0.1) is 18.8 Å². The van der Waals surface area contributed by atoms with Gasteiger partial charge in [0, 0.05) is 37.7 Å². The first-order valence-electron chi connectivity index (χ1n) is 9.29. The van der Waals surface area contributed by atoms with E-state index in [4.69, 9.17) is 20.9 Å². The number of halogens is 1. The van der Waals surface area contributed by atoms with Gasteiger partial charge in [0.1, 0.15) is 17.1 Å². The van der Waals surface area contributed by atoms with Gasteiger partial charge in [0.25, 0.3) is 5.91 Å². The van der Waals surface area contributed by atoms with Crippen molar-refractivity contribution < 1.29 is 14.1 Å². The number of carbonyl (C=O) groups excluding carboxylic acids is 1. The molecule has 8 heteroatoms. The highest BCUT2D eigenvalue weighted by Gasteiger charge is 2.63. The number of carbonyl (C=O) groups is 1. The number of amides is 1. The Morgan fingerprint density at radius 3 is 3.07 bits per heavy atom. The Kier molecular flexibility index (Phi) is 3.91. The topological polar surface area (TPSA) is 80.5 Å². The predicted molar refractivity (Wildman–Crippen MR) is 98.9 cm³/mol. The summed E-state index contributed by atoms with van der Waals surface area (Å²) >= 11 is 5.97. The third-order valence-corrected chi connectivity index (χ3v) is 6.54. The van der Waals surface area contributed by atoms with Crippen molar-refractivity contribution in [3.63, 3.8) is 0 Å². The van der Waals surface area contributed by atoms with Gasteiger partial charge in [-0.1, -0.05) is 16.8 Å². The summed E-state index contributed by atoms with van der Waals surface area (Å²) in [6, 6.07) is 3.82. The molecule has 5 rings (SSSR count). The highest BCUT2D eigenvalue weighted by molar-refractivity contribution is 6.30. The maximum atomic E-state index is 12.4. The van der Waals surface area contributed by atoms with Crippen LogP contribution in [0.1, 0.15) is 29.0 Å². The minimum Gasteiger partial charge on any atom is -0.369 e. The SMILES string of the molecule is Cc1oncc1C(=O)NC[C@H]1[C@H]2CN(c3ccc(Cl)cn3)C[C@]23CC[C@H]1O3. The highest BCUT2D eigenvalue weighted by Crippen LogP contribution is 2.55. The number of aryl methyl sites for hydroxylation is 1. The lowest BCUT2D eigenvalue weighted by atomic mass is 9.73. The Morgan fingerprint density at radius 1 is 1.44 bits per heavy atom. The number of rotatable bonds is 4. The van der Waals surface area contributed by atoms with Crippen LogP contribution in [0.25, 0.3) is 0 Å². The van der Waals surface area contributed by atoms with E-state index < -0.39 is 0 Å². The van der Waals surface area contributed by atoms with Crippen molar-refractivity contribution in [1.82, 2.24) is 15.5 Å². The number of fused-ring (bicyclic) bond motifs is 1. The van der Waals surface area contributed by atoms with Crippen molar-refractivity contribution in [2.75, 3.05) is 24.5 Å². The van der Waals surface area contributed by atoms with E-state index in [1.807, 2.05) is 12.1 Å². The molecule has 2 aromatic heterocycles. The molecule has 1 amide bonds. The van der Waals surface area contributed by atoms with Crippen LogP contribution >= 0.6 is 11.6 Å². The Morgan fingerprint density at radius 2 is 2.33 bits per heavy atom. The maximum absolute atomic E-state index is 12.4. The Hall–Kier alpha value is -2.12. The molecule has 1 spiro atoms. The van der Waals surface area contributed by atoms with Crippen molar-refractivity contribution >= 4 is 23.3 Å². The van der Waals surface area contributed by atoms with Crippen molar-refractivity contribution in [3.8, 4) is 0 Å². The van der Waals surface area contributed by atoms with Gasteiger partial charge < -0.3 is 19.5 Å². The average Bonchev–Trinajstić information content (AvgIpc) is 3.40. The fourth-order valence-corrected chi connectivity index (χ4v) is 5.13. The fourth-order valence-electron chi connectivity index (χ4n) is 5.02. The van der Waals surface area contributed by atoms with Crippen LogP contribution in [0.3, 0.4) is 0 Å². The number of nitrogens with one attached hydrogen (secondary N) is 1. The monoisotopic (exact) mass is 388 g/mol. The van der Waals surface area contributed by atoms with Gasteiger partial charge in [-0.15, -0.1) is 0 Å². The Bertz CT molecular complexity index is 870. The van der Waals surface area contributed by atoms with Gasteiger partial charge >= 0.3 is 0 Å². The molecule has 2 aromatic rings. The molecule has 3 aliphatic rings. The van der Waals surface area contributed by atoms with E-state index in [9.17, 15) is 4.79 Å². The summed E-state index contributed by atoms with van der Waals surface area (Å²) in [6.45, 7) is 4.07. The summed E-state index contributed by atoms with van der Waals surface area (Å²) in [5.74, 6) is 2.02. The molecule has 0 aliphatic carbocycles. The summed E-state index contributed by atoms with van der Waals surface area (Å²) in [5, 5.41) is 7.37. The molecule has 0 aromatic carbocycles. The molecule has 1 N–H and O–H groups in total. The van der Waals surface area contributed by atoms with E-state index in [2.05, 4.69) is 20.4 Å². The quantitative estimate of drug-likeness (QED) is 0.866. The Labute approximate surface area is 162 Å². The van der Waals surface area contributed by atoms with Gasteiger partial charge in [-0.05, 0) is 31.9 Å². The van der Waals surface area contributed by atoms with Crippen molar-refractivity contribution in [2.24, 2.45) is 11.8 Å². The standard InChI is InChI=1S/C19H21ClN4O3/c1-11-13(8-23-27-11)18(25)22-7-14-15-9-24(17-3-2-12(20)6-21-17)10-19(15)5-4-16(14)26-19/h2-3,6,8,14-16H,4-5,7,9-10H2,1H3,(H,22,25)/t14-,15+,16+,19+/m0/s1. The van der Waals surface area contributed by atoms with Crippen molar-refractivity contribution in [2.45, 2.75) is 31.5 Å². The van der Waals surface area contributed by atoms with Gasteiger partial charge in [-0.2, -0.15) is 0 Å². The number of aromatic nitrogens is 2. The third kappa shape index (κ3) is 2.72. The van der Waals surface area contributed by atoms with E-state index in [0.717, 1.165) is 31.7 Å². The van der Waals surface area contributed by atoms with Gasteiger partial charge in [-0.25, -0.2) is 4.98 Å². The summed E-state index contributed by atoms with van der Waals surface area (Å²) in [6.07, 6.45) is 5.49. The summed E-state index contributed by atoms with van der Waals surface area (Å²) in [4.78, 5) is 19.2. The minimum absolute atomic E-state index is 0.117. The lowest BCUT2D eigenvalue weighted by molar-refractivity contribution is 0.0141. The van der Waals surface area contributed by atoms with Crippen LogP contribution < -0.4 is 10.2 Å². The van der Waals surface area contributed by atoms with Crippen molar-refractivity contribution in [1.29, 1.82) is 0 Å². The summed E-state index contributed by atoms with van der Waals surface area (Å²) in [7, 11) is 0. The number of pyridine rings is 1. The second-order valence-corrected chi connectivity index (χ2v) is 8.19. The van der Waals surface area contributed by atoms with E-state index >= 15 is 0 Å². The van der Waals surface area contributed by atoms with Gasteiger partial charge in [0.15, 0.2) is 0 Å². The number of ether oxygens (including phenoxy) is 1. The van der Waals surface area contributed by atoms with Gasteiger partial charge in [0.05, 0.1) is 22.9 Å². The molecule has 0 saturated carbocycles. The van der Waals surface area contributed by atoms with Crippen LogP contribution in [-0.4, -0.2) is 47.4 Å². The second-order valence-electron chi connectivity index (χ2n) is 7.75. The molecule has 5 heterocycles. The molecule has 3 saturated heterocycles. The van der Waals surface area contributed by atoms with E-state index in [-0.39, 0.29) is 17.6 Å². The van der Waals surface area contributed by atoms with Crippen molar-refractivity contribution in [3.05, 3.63) is 40.9 Å². The highest BCUT2D eigenvalue weighted by atomic mass is 35.5. The molecule has 142 valence electrons. The molecular formula is C19H21ClN4O3. The first-order chi connectivity index (χ1) is 13.1. The molecular weight excluding hydrogens is 368 g/mol. The molecule has 3 aliphatic heterocycles. The molecule has 0 radical (unpaired) electrons. The average molecular weight is 389 g/mol. The summed E-state index contributed by atoms with van der Waals surface area (Å²) in [5.41, 5.74) is 0.376. The van der Waals surface area contributed by atoms with Crippen LogP contribution in [0.2, 0.25) is 5.02 Å². The number of nitrogens with zero attached hydrogens (tertiary/aromatic N) is 3. The predicted octanol–water partition coefficient (Wildman–Crippen LogP) is 2.45. The zero-order valence-corrected chi connectivity index (χ0v) is 15.8. The lowest BCUT2D eigenvalue weighted by Crippen LogP contribution is -2.41. The summed E-state index contributed by atoms with van der Waals surface area (Å²) < 4.78 is 11.4. The van der Waals surface area contributed by atoms with Crippen LogP contribution in [0.4, 0.5) is 5.82 Å². The van der Waals surface area contributed by atoms with Crippen LogP contribution in [0.5, 0.6) is 0 Å². The Balaban J connectivity index is 1.30. The van der Waals surface area contributed by atoms with Gasteiger partial charge in [0.2, 0.25) is 0 Å². The molecule has 4 atom stereocenters. The van der Waals surface area contributed by atoms with Gasteiger partial charge in [-0.3, -0.25) is 4.79 Å². The maximum Gasteiger partial charge on any atom is 0.256 e.